The van der Waals surface area contributed by atoms with Gasteiger partial charge >= 0.3 is 0 Å². The van der Waals surface area contributed by atoms with Crippen molar-refractivity contribution in [3.05, 3.63) is 64.7 Å². The van der Waals surface area contributed by atoms with Gasteiger partial charge in [0.15, 0.2) is 9.84 Å². The Balaban J connectivity index is 2.13. The van der Waals surface area contributed by atoms with Gasteiger partial charge in [-0.1, -0.05) is 11.6 Å². The molecular weight excluding hydrogens is 368 g/mol. The normalized spacial score (nSPS) is 17.4. The summed E-state index contributed by atoms with van der Waals surface area (Å²) in [7, 11) is -3.90. The summed E-state index contributed by atoms with van der Waals surface area (Å²) in [6, 6.07) is 8.75. The lowest BCUT2D eigenvalue weighted by molar-refractivity contribution is 0.352. The Morgan fingerprint density at radius 2 is 1.68 bits per heavy atom. The number of halogens is 3. The summed E-state index contributed by atoms with van der Waals surface area (Å²) in [6.45, 7) is 1.29. The standard InChI is InChI=1S/C18H18ClF2NO2S/c19-13-1-4-15(5-2-13)25(23,24)18(12-7-9-22-10-8-12)16-11-14(20)3-6-17(16)21/h1-6,11-12,18,22H,7-10H2/t18-/m0/s1. The summed E-state index contributed by atoms with van der Waals surface area (Å²) in [4.78, 5) is 0.0593. The molecule has 3 nitrogen and oxygen atoms in total. The molecule has 0 aromatic heterocycles. The minimum atomic E-state index is -3.90. The zero-order chi connectivity index (χ0) is 18.0. The number of piperidine rings is 1. The Bertz CT molecular complexity index is 850. The molecule has 1 aliphatic heterocycles. The summed E-state index contributed by atoms with van der Waals surface area (Å²) >= 11 is 5.84. The lowest BCUT2D eigenvalue weighted by Crippen LogP contribution is -2.34. The highest BCUT2D eigenvalue weighted by Gasteiger charge is 2.38. The first-order chi connectivity index (χ1) is 11.9. The van der Waals surface area contributed by atoms with Crippen LogP contribution in [0.1, 0.15) is 23.7 Å². The minimum Gasteiger partial charge on any atom is -0.317 e. The molecule has 0 unspecified atom stereocenters. The van der Waals surface area contributed by atoms with Crippen LogP contribution in [0.2, 0.25) is 5.02 Å². The van der Waals surface area contributed by atoms with Gasteiger partial charge in [0, 0.05) is 10.6 Å². The maximum atomic E-state index is 14.4. The highest BCUT2D eigenvalue weighted by molar-refractivity contribution is 7.91. The summed E-state index contributed by atoms with van der Waals surface area (Å²) in [5, 5.41) is 2.44. The van der Waals surface area contributed by atoms with Gasteiger partial charge in [0.2, 0.25) is 0 Å². The summed E-state index contributed by atoms with van der Waals surface area (Å²) < 4.78 is 54.7. The molecule has 1 N–H and O–H groups in total. The zero-order valence-electron chi connectivity index (χ0n) is 13.4. The Kier molecular flexibility index (Phi) is 5.41. The van der Waals surface area contributed by atoms with Crippen LogP contribution in [0.25, 0.3) is 0 Å². The van der Waals surface area contributed by atoms with Crippen LogP contribution in [0.5, 0.6) is 0 Å². The fourth-order valence-corrected chi connectivity index (χ4v) is 5.55. The van der Waals surface area contributed by atoms with Crippen molar-refractivity contribution in [2.45, 2.75) is 23.0 Å². The molecule has 0 bridgehead atoms. The Hall–Kier alpha value is -1.50. The van der Waals surface area contributed by atoms with Crippen molar-refractivity contribution in [2.75, 3.05) is 13.1 Å². The van der Waals surface area contributed by atoms with E-state index in [1.807, 2.05) is 0 Å². The average molecular weight is 386 g/mol. The lowest BCUT2D eigenvalue weighted by atomic mass is 9.90. The molecule has 2 aromatic rings. The second-order valence-electron chi connectivity index (χ2n) is 6.17. The SMILES string of the molecule is O=S(=O)(c1ccc(Cl)cc1)[C@H](c1cc(F)ccc1F)C1CCNCC1. The largest absolute Gasteiger partial charge is 0.317 e. The van der Waals surface area contributed by atoms with Gasteiger partial charge in [0.05, 0.1) is 10.1 Å². The number of rotatable bonds is 4. The fraction of sp³-hybridized carbons (Fsp3) is 0.333. The minimum absolute atomic E-state index is 0.0593. The van der Waals surface area contributed by atoms with Crippen LogP contribution in [0.15, 0.2) is 47.4 Å². The molecule has 1 aliphatic rings. The van der Waals surface area contributed by atoms with Crippen LogP contribution in [-0.2, 0) is 9.84 Å². The summed E-state index contributed by atoms with van der Waals surface area (Å²) in [6.07, 6.45) is 1.15. The topological polar surface area (TPSA) is 46.2 Å². The van der Waals surface area contributed by atoms with Crippen molar-refractivity contribution in [2.24, 2.45) is 5.92 Å². The first kappa shape index (κ1) is 18.3. The summed E-state index contributed by atoms with van der Waals surface area (Å²) in [5.41, 5.74) is -0.109. The van der Waals surface area contributed by atoms with Gasteiger partial charge in [0.25, 0.3) is 0 Å². The van der Waals surface area contributed by atoms with Crippen molar-refractivity contribution in [3.8, 4) is 0 Å². The van der Waals surface area contributed by atoms with E-state index in [0.717, 1.165) is 18.2 Å². The number of benzene rings is 2. The molecule has 134 valence electrons. The Labute approximate surface area is 150 Å². The fourth-order valence-electron chi connectivity index (χ4n) is 3.32. The quantitative estimate of drug-likeness (QED) is 0.860. The Morgan fingerprint density at radius 3 is 2.32 bits per heavy atom. The molecular formula is C18H18ClF2NO2S. The van der Waals surface area contributed by atoms with E-state index in [0.29, 0.717) is 31.0 Å². The molecule has 7 heteroatoms. The summed E-state index contributed by atoms with van der Waals surface area (Å²) in [5.74, 6) is -1.65. The Morgan fingerprint density at radius 1 is 1.04 bits per heavy atom. The molecule has 0 saturated carbocycles. The monoisotopic (exact) mass is 385 g/mol. The van der Waals surface area contributed by atoms with Crippen molar-refractivity contribution >= 4 is 21.4 Å². The van der Waals surface area contributed by atoms with E-state index in [9.17, 15) is 17.2 Å². The molecule has 0 spiro atoms. The molecule has 0 radical (unpaired) electrons. The third-order valence-electron chi connectivity index (χ3n) is 4.55. The van der Waals surface area contributed by atoms with Crippen molar-refractivity contribution in [1.29, 1.82) is 0 Å². The van der Waals surface area contributed by atoms with E-state index in [-0.39, 0.29) is 16.4 Å². The number of hydrogen-bond acceptors (Lipinski definition) is 3. The van der Waals surface area contributed by atoms with Crippen molar-refractivity contribution in [3.63, 3.8) is 0 Å². The molecule has 1 saturated heterocycles. The van der Waals surface area contributed by atoms with Crippen LogP contribution in [-0.4, -0.2) is 21.5 Å². The van der Waals surface area contributed by atoms with E-state index in [4.69, 9.17) is 11.6 Å². The molecule has 1 fully saturated rings. The maximum Gasteiger partial charge on any atom is 0.185 e. The van der Waals surface area contributed by atoms with Crippen LogP contribution < -0.4 is 5.32 Å². The van der Waals surface area contributed by atoms with Gasteiger partial charge in [-0.05, 0) is 74.3 Å². The predicted molar refractivity (Wildman–Crippen MR) is 93.3 cm³/mol. The van der Waals surface area contributed by atoms with Gasteiger partial charge in [-0.25, -0.2) is 17.2 Å². The molecule has 3 rings (SSSR count). The second-order valence-corrected chi connectivity index (χ2v) is 8.68. The second kappa shape index (κ2) is 7.40. The smallest absolute Gasteiger partial charge is 0.185 e. The third kappa shape index (κ3) is 3.86. The predicted octanol–water partition coefficient (Wildman–Crippen LogP) is 4.13. The van der Waals surface area contributed by atoms with Crippen LogP contribution in [0.4, 0.5) is 8.78 Å². The van der Waals surface area contributed by atoms with Crippen molar-refractivity contribution in [1.82, 2.24) is 5.32 Å². The van der Waals surface area contributed by atoms with Gasteiger partial charge in [-0.3, -0.25) is 0 Å². The highest BCUT2D eigenvalue weighted by Crippen LogP contribution is 2.40. The van der Waals surface area contributed by atoms with Crippen LogP contribution in [0, 0.1) is 17.6 Å². The van der Waals surface area contributed by atoms with Gasteiger partial charge in [-0.2, -0.15) is 0 Å². The molecule has 1 atom stereocenters. The third-order valence-corrected chi connectivity index (χ3v) is 7.04. The molecule has 0 aliphatic carbocycles. The van der Waals surface area contributed by atoms with Crippen LogP contribution in [0.3, 0.4) is 0 Å². The van der Waals surface area contributed by atoms with E-state index in [1.54, 1.807) is 0 Å². The van der Waals surface area contributed by atoms with E-state index >= 15 is 0 Å². The van der Waals surface area contributed by atoms with Gasteiger partial charge in [0.1, 0.15) is 11.6 Å². The average Bonchev–Trinajstić information content (AvgIpc) is 2.59. The first-order valence-electron chi connectivity index (χ1n) is 8.05. The number of sulfone groups is 1. The van der Waals surface area contributed by atoms with Crippen molar-refractivity contribution < 1.29 is 17.2 Å². The number of hydrogen-bond donors (Lipinski definition) is 1. The highest BCUT2D eigenvalue weighted by atomic mass is 35.5. The number of nitrogens with one attached hydrogen (secondary N) is 1. The molecule has 1 heterocycles. The maximum absolute atomic E-state index is 14.4. The van der Waals surface area contributed by atoms with Crippen LogP contribution >= 0.6 is 11.6 Å². The first-order valence-corrected chi connectivity index (χ1v) is 9.97. The zero-order valence-corrected chi connectivity index (χ0v) is 15.0. The molecule has 25 heavy (non-hydrogen) atoms. The molecule has 2 aromatic carbocycles. The lowest BCUT2D eigenvalue weighted by Gasteiger charge is -2.31. The van der Waals surface area contributed by atoms with E-state index in [1.165, 1.54) is 24.3 Å². The van der Waals surface area contributed by atoms with Gasteiger partial charge in [-0.15, -0.1) is 0 Å². The van der Waals surface area contributed by atoms with E-state index in [2.05, 4.69) is 5.32 Å². The van der Waals surface area contributed by atoms with E-state index < -0.39 is 26.7 Å². The molecule has 0 amide bonds. The van der Waals surface area contributed by atoms with Gasteiger partial charge < -0.3 is 5.32 Å².